The highest BCUT2D eigenvalue weighted by molar-refractivity contribution is 7.14. The van der Waals surface area contributed by atoms with Gasteiger partial charge in [0.2, 0.25) is 5.78 Å². The third-order valence-electron chi connectivity index (χ3n) is 4.24. The third kappa shape index (κ3) is 2.88. The Hall–Kier alpha value is -3.37. The molecule has 3 heterocycles. The number of aromatic nitrogens is 1. The van der Waals surface area contributed by atoms with E-state index in [1.54, 1.807) is 22.9 Å². The number of anilines is 1. The van der Waals surface area contributed by atoms with Crippen LogP contribution < -0.4 is 4.90 Å². The van der Waals surface area contributed by atoms with Crippen molar-refractivity contribution in [2.24, 2.45) is 0 Å². The van der Waals surface area contributed by atoms with Crippen molar-refractivity contribution in [3.8, 4) is 0 Å². The van der Waals surface area contributed by atoms with E-state index in [1.165, 1.54) is 58.0 Å². The van der Waals surface area contributed by atoms with Crippen LogP contribution in [0.5, 0.6) is 0 Å². The predicted octanol–water partition coefficient (Wildman–Crippen LogP) is 3.90. The molecule has 1 aromatic carbocycles. The molecule has 0 radical (unpaired) electrons. The second-order valence-electron chi connectivity index (χ2n) is 5.81. The smallest absolute Gasteiger partial charge is 0.296 e. The first-order valence-electron chi connectivity index (χ1n) is 7.97. The molecule has 4 rings (SSSR count). The highest BCUT2D eigenvalue weighted by Crippen LogP contribution is 2.43. The van der Waals surface area contributed by atoms with Gasteiger partial charge in [-0.2, -0.15) is 0 Å². The van der Waals surface area contributed by atoms with E-state index in [-0.39, 0.29) is 11.3 Å². The quantitative estimate of drug-likeness (QED) is 0.386. The Morgan fingerprint density at radius 1 is 1.18 bits per heavy atom. The van der Waals surface area contributed by atoms with Crippen molar-refractivity contribution in [3.63, 3.8) is 0 Å². The van der Waals surface area contributed by atoms with Gasteiger partial charge in [0.05, 0.1) is 21.4 Å². The fraction of sp³-hybridized carbons (Fsp3) is 0.0556. The van der Waals surface area contributed by atoms with Crippen molar-refractivity contribution in [1.29, 1.82) is 0 Å². The van der Waals surface area contributed by atoms with Gasteiger partial charge in [0.1, 0.15) is 0 Å². The number of benzene rings is 1. The SMILES string of the molecule is O=C(C1=C(O)C(=O)N(c2nccs2)C1c1ccc([N+](=O)[O-])cc1)c1cccs1. The molecule has 3 aromatic rings. The number of non-ortho nitro benzene ring substituents is 1. The number of carbonyl (C=O) groups is 2. The zero-order valence-corrected chi connectivity index (χ0v) is 15.6. The molecule has 1 aliphatic rings. The van der Waals surface area contributed by atoms with Crippen LogP contribution in [0.2, 0.25) is 0 Å². The fourth-order valence-corrected chi connectivity index (χ4v) is 4.35. The summed E-state index contributed by atoms with van der Waals surface area (Å²) in [5.41, 5.74) is 0.266. The van der Waals surface area contributed by atoms with Gasteiger partial charge in [-0.05, 0) is 29.1 Å². The van der Waals surface area contributed by atoms with Crippen molar-refractivity contribution in [2.75, 3.05) is 4.90 Å². The van der Waals surface area contributed by atoms with Crippen molar-refractivity contribution in [3.05, 3.63) is 85.2 Å². The average molecular weight is 413 g/mol. The van der Waals surface area contributed by atoms with E-state index < -0.39 is 28.4 Å². The maximum Gasteiger partial charge on any atom is 0.296 e. The van der Waals surface area contributed by atoms with Gasteiger partial charge in [-0.1, -0.05) is 6.07 Å². The molecule has 0 fully saturated rings. The molecule has 0 bridgehead atoms. The summed E-state index contributed by atoms with van der Waals surface area (Å²) in [5.74, 6) is -1.85. The number of carbonyl (C=O) groups excluding carboxylic acids is 2. The zero-order valence-electron chi connectivity index (χ0n) is 14.0. The molecule has 1 amide bonds. The molecule has 1 atom stereocenters. The van der Waals surface area contributed by atoms with Crippen LogP contribution in [-0.2, 0) is 4.79 Å². The third-order valence-corrected chi connectivity index (χ3v) is 5.88. The summed E-state index contributed by atoms with van der Waals surface area (Å²) < 4.78 is 0. The van der Waals surface area contributed by atoms with Crippen LogP contribution >= 0.6 is 22.7 Å². The van der Waals surface area contributed by atoms with Crippen LogP contribution in [0.1, 0.15) is 21.3 Å². The topological polar surface area (TPSA) is 114 Å². The minimum Gasteiger partial charge on any atom is -0.503 e. The van der Waals surface area contributed by atoms with Gasteiger partial charge in [0.15, 0.2) is 10.9 Å². The normalized spacial score (nSPS) is 16.6. The Morgan fingerprint density at radius 2 is 1.93 bits per heavy atom. The number of aliphatic hydroxyl groups excluding tert-OH is 1. The van der Waals surface area contributed by atoms with E-state index in [0.29, 0.717) is 15.6 Å². The van der Waals surface area contributed by atoms with Crippen LogP contribution in [0.15, 0.2) is 64.7 Å². The number of hydrogen-bond acceptors (Lipinski definition) is 8. The maximum atomic E-state index is 13.0. The number of aliphatic hydroxyl groups is 1. The van der Waals surface area contributed by atoms with E-state index in [1.807, 2.05) is 0 Å². The molecule has 0 saturated heterocycles. The lowest BCUT2D eigenvalue weighted by atomic mass is 9.95. The summed E-state index contributed by atoms with van der Waals surface area (Å²) in [4.78, 5) is 42.0. The number of ketones is 1. The molecule has 8 nitrogen and oxygen atoms in total. The van der Waals surface area contributed by atoms with Gasteiger partial charge >= 0.3 is 0 Å². The zero-order chi connectivity index (χ0) is 19.8. The summed E-state index contributed by atoms with van der Waals surface area (Å²) in [6, 6.07) is 7.90. The first-order chi connectivity index (χ1) is 13.5. The standard InChI is InChI=1S/C18H11N3O5S2/c22-15(12-2-1-8-27-12)13-14(10-3-5-11(6-4-10)21(25)26)20(17(24)16(13)23)18-19-7-9-28-18/h1-9,14,23H. The van der Waals surface area contributed by atoms with Gasteiger partial charge in [-0.15, -0.1) is 22.7 Å². The van der Waals surface area contributed by atoms with Gasteiger partial charge in [-0.25, -0.2) is 4.98 Å². The number of rotatable bonds is 5. The molecule has 1 unspecified atom stereocenters. The number of nitrogens with zero attached hydrogens (tertiary/aromatic N) is 3. The first-order valence-corrected chi connectivity index (χ1v) is 9.73. The Kier molecular flexibility index (Phi) is 4.49. The van der Waals surface area contributed by atoms with E-state index in [0.717, 1.165) is 0 Å². The van der Waals surface area contributed by atoms with E-state index in [9.17, 15) is 24.8 Å². The predicted molar refractivity (Wildman–Crippen MR) is 104 cm³/mol. The van der Waals surface area contributed by atoms with Crippen molar-refractivity contribution >= 4 is 45.2 Å². The number of nitro groups is 1. The fourth-order valence-electron chi connectivity index (χ4n) is 3.00. The Labute approximate surface area is 166 Å². The molecule has 0 spiro atoms. The lowest BCUT2D eigenvalue weighted by molar-refractivity contribution is -0.384. The minimum atomic E-state index is -0.936. The Morgan fingerprint density at radius 3 is 2.50 bits per heavy atom. The van der Waals surface area contributed by atoms with Gasteiger partial charge < -0.3 is 5.11 Å². The lowest BCUT2D eigenvalue weighted by Gasteiger charge is -2.24. The number of Topliss-reactive ketones (excluding diaryl/α,β-unsaturated/α-hetero) is 1. The largest absolute Gasteiger partial charge is 0.503 e. The van der Waals surface area contributed by atoms with Crippen LogP contribution in [0.25, 0.3) is 0 Å². The second-order valence-corrected chi connectivity index (χ2v) is 7.63. The molecule has 10 heteroatoms. The summed E-state index contributed by atoms with van der Waals surface area (Å²) in [6.45, 7) is 0. The number of thiophene rings is 1. The lowest BCUT2D eigenvalue weighted by Crippen LogP contribution is -2.30. The van der Waals surface area contributed by atoms with E-state index in [4.69, 9.17) is 0 Å². The summed E-state index contributed by atoms with van der Waals surface area (Å²) in [7, 11) is 0. The average Bonchev–Trinajstić information content (AvgIpc) is 3.43. The summed E-state index contributed by atoms with van der Waals surface area (Å²) in [5, 5.41) is 25.2. The van der Waals surface area contributed by atoms with Crippen LogP contribution in [-0.4, -0.2) is 26.7 Å². The number of amides is 1. The van der Waals surface area contributed by atoms with Crippen LogP contribution in [0, 0.1) is 10.1 Å². The molecular formula is C18H11N3O5S2. The number of nitro benzene ring substituents is 1. The second kappa shape index (κ2) is 6.98. The van der Waals surface area contributed by atoms with Crippen molar-refractivity contribution in [1.82, 2.24) is 4.98 Å². The Balaban J connectivity index is 1.86. The highest BCUT2D eigenvalue weighted by Gasteiger charge is 2.45. The van der Waals surface area contributed by atoms with Gasteiger partial charge in [-0.3, -0.25) is 24.6 Å². The monoisotopic (exact) mass is 413 g/mol. The van der Waals surface area contributed by atoms with Gasteiger partial charge in [0, 0.05) is 23.7 Å². The molecule has 140 valence electrons. The van der Waals surface area contributed by atoms with Crippen molar-refractivity contribution < 1.29 is 19.6 Å². The van der Waals surface area contributed by atoms with Crippen molar-refractivity contribution in [2.45, 2.75) is 6.04 Å². The molecular weight excluding hydrogens is 402 g/mol. The van der Waals surface area contributed by atoms with Crippen LogP contribution in [0.4, 0.5) is 10.8 Å². The molecule has 28 heavy (non-hydrogen) atoms. The van der Waals surface area contributed by atoms with E-state index in [2.05, 4.69) is 4.98 Å². The minimum absolute atomic E-state index is 0.0727. The molecule has 0 aliphatic carbocycles. The first kappa shape index (κ1) is 18.0. The Bertz CT molecular complexity index is 1090. The highest BCUT2D eigenvalue weighted by atomic mass is 32.1. The molecule has 1 N–H and O–H groups in total. The summed E-state index contributed by atoms with van der Waals surface area (Å²) >= 11 is 2.38. The number of hydrogen-bond donors (Lipinski definition) is 1. The number of thiazole rings is 1. The maximum absolute atomic E-state index is 13.0. The molecule has 2 aromatic heterocycles. The van der Waals surface area contributed by atoms with E-state index >= 15 is 0 Å². The molecule has 1 aliphatic heterocycles. The molecule has 0 saturated carbocycles. The van der Waals surface area contributed by atoms with Gasteiger partial charge in [0.25, 0.3) is 11.6 Å². The van der Waals surface area contributed by atoms with Crippen LogP contribution in [0.3, 0.4) is 0 Å². The summed E-state index contributed by atoms with van der Waals surface area (Å²) in [6.07, 6.45) is 1.51.